The van der Waals surface area contributed by atoms with Crippen molar-refractivity contribution in [1.82, 2.24) is 9.97 Å². The van der Waals surface area contributed by atoms with E-state index in [2.05, 4.69) is 19.7 Å². The highest BCUT2D eigenvalue weighted by Crippen LogP contribution is 2.22. The average molecular weight is 445 g/mol. The molecule has 0 unspecified atom stereocenters. The molecule has 3 aromatic rings. The third-order valence-corrected chi connectivity index (χ3v) is 5.78. The van der Waals surface area contributed by atoms with Crippen LogP contribution in [0.1, 0.15) is 5.56 Å². The average Bonchev–Trinajstić information content (AvgIpc) is 2.76. The molecule has 154 valence electrons. The van der Waals surface area contributed by atoms with E-state index in [0.717, 1.165) is 9.87 Å². The molecule has 0 fully saturated rings. The number of sulfonamides is 1. The first-order valence-electron chi connectivity index (χ1n) is 8.78. The third-order valence-electron chi connectivity index (χ3n) is 3.87. The number of halogens is 1. The van der Waals surface area contributed by atoms with Gasteiger partial charge in [0.25, 0.3) is 10.0 Å². The summed E-state index contributed by atoms with van der Waals surface area (Å²) in [4.78, 5) is 23.1. The van der Waals surface area contributed by atoms with Crippen LogP contribution in [0, 0.1) is 0 Å². The molecule has 3 rings (SSSR count). The zero-order valence-corrected chi connectivity index (χ0v) is 17.2. The Balaban J connectivity index is 1.83. The van der Waals surface area contributed by atoms with E-state index in [-0.39, 0.29) is 24.0 Å². The number of hydrogen-bond acceptors (Lipinski definition) is 7. The van der Waals surface area contributed by atoms with Gasteiger partial charge in [0.05, 0.1) is 17.1 Å². The highest BCUT2D eigenvalue weighted by atomic mass is 35.5. The van der Waals surface area contributed by atoms with Crippen LogP contribution in [0.2, 0.25) is 0 Å². The van der Waals surface area contributed by atoms with Gasteiger partial charge in [-0.2, -0.15) is 0 Å². The molecule has 1 aromatic heterocycles. The van der Waals surface area contributed by atoms with Gasteiger partial charge in [-0.1, -0.05) is 30.3 Å². The topological polar surface area (TPSA) is 102 Å². The Hall–Kier alpha value is -3.30. The number of anilines is 1. The van der Waals surface area contributed by atoms with Crippen molar-refractivity contribution in [2.24, 2.45) is 4.99 Å². The van der Waals surface area contributed by atoms with Crippen molar-refractivity contribution in [3.63, 3.8) is 0 Å². The fourth-order valence-electron chi connectivity index (χ4n) is 2.48. The quantitative estimate of drug-likeness (QED) is 0.387. The first kappa shape index (κ1) is 21.4. The van der Waals surface area contributed by atoms with Gasteiger partial charge in [0, 0.05) is 30.2 Å². The number of rotatable bonds is 8. The Labute approximate surface area is 178 Å². The van der Waals surface area contributed by atoms with E-state index >= 15 is 0 Å². The highest BCUT2D eigenvalue weighted by molar-refractivity contribution is 7.92. The van der Waals surface area contributed by atoms with E-state index < -0.39 is 15.5 Å². The Bertz CT molecular complexity index is 1110. The van der Waals surface area contributed by atoms with E-state index in [1.165, 1.54) is 24.5 Å². The van der Waals surface area contributed by atoms with E-state index in [9.17, 15) is 13.2 Å². The van der Waals surface area contributed by atoms with Gasteiger partial charge in [0.2, 0.25) is 5.95 Å². The predicted octanol–water partition coefficient (Wildman–Crippen LogP) is 3.80. The number of aliphatic imine (C=N–C) groups is 1. The minimum atomic E-state index is -4.01. The Morgan fingerprint density at radius 3 is 2.33 bits per heavy atom. The molecule has 0 radical (unpaired) electrons. The Morgan fingerprint density at radius 1 is 1.03 bits per heavy atom. The van der Waals surface area contributed by atoms with Gasteiger partial charge in [0.15, 0.2) is 0 Å². The maximum atomic E-state index is 13.1. The Kier molecular flexibility index (Phi) is 7.10. The summed E-state index contributed by atoms with van der Waals surface area (Å²) in [5, 5.41) is 0. The maximum Gasteiger partial charge on any atom is 0.403 e. The normalized spacial score (nSPS) is 11.4. The monoisotopic (exact) mass is 444 g/mol. The van der Waals surface area contributed by atoms with Crippen LogP contribution in [0.3, 0.4) is 0 Å². The Morgan fingerprint density at radius 2 is 1.70 bits per heavy atom. The lowest BCUT2D eigenvalue weighted by Crippen LogP contribution is -2.35. The first-order chi connectivity index (χ1) is 14.5. The maximum absolute atomic E-state index is 13.1. The molecular weight excluding hydrogens is 428 g/mol. The van der Waals surface area contributed by atoms with E-state index in [1.54, 1.807) is 24.4 Å². The molecule has 0 aliphatic heterocycles. The fraction of sp³-hybridized carbons (Fsp3) is 0.100. The fourth-order valence-corrected chi connectivity index (χ4v) is 3.91. The van der Waals surface area contributed by atoms with Gasteiger partial charge >= 0.3 is 5.43 Å². The molecule has 0 aliphatic rings. The van der Waals surface area contributed by atoms with Gasteiger partial charge in [-0.3, -0.25) is 4.99 Å². The minimum Gasteiger partial charge on any atom is -0.452 e. The second kappa shape index (κ2) is 9.95. The van der Waals surface area contributed by atoms with Crippen LogP contribution in [-0.4, -0.2) is 43.2 Å². The lowest BCUT2D eigenvalue weighted by Gasteiger charge is -2.21. The number of carbonyl (C=O) groups excluding carboxylic acids is 1. The number of ether oxygens (including phenoxy) is 1. The largest absolute Gasteiger partial charge is 0.452 e. The van der Waals surface area contributed by atoms with Crippen molar-refractivity contribution in [2.75, 3.05) is 17.5 Å². The van der Waals surface area contributed by atoms with Gasteiger partial charge in [-0.05, 0) is 35.9 Å². The van der Waals surface area contributed by atoms with Crippen molar-refractivity contribution in [3.05, 3.63) is 78.6 Å². The minimum absolute atomic E-state index is 0.0193. The molecule has 8 nitrogen and oxygen atoms in total. The van der Waals surface area contributed by atoms with Crippen molar-refractivity contribution in [2.45, 2.75) is 4.90 Å². The molecule has 0 saturated heterocycles. The molecule has 10 heteroatoms. The van der Waals surface area contributed by atoms with Gasteiger partial charge in [0.1, 0.15) is 6.61 Å². The van der Waals surface area contributed by atoms with Gasteiger partial charge in [-0.15, -0.1) is 0 Å². The molecule has 0 bridgehead atoms. The summed E-state index contributed by atoms with van der Waals surface area (Å²) >= 11 is 5.16. The van der Waals surface area contributed by atoms with Crippen LogP contribution in [0.5, 0.6) is 0 Å². The van der Waals surface area contributed by atoms with Crippen LogP contribution in [0.25, 0.3) is 0 Å². The summed E-state index contributed by atoms with van der Waals surface area (Å²) in [6, 6.07) is 17.2. The summed E-state index contributed by atoms with van der Waals surface area (Å²) < 4.78 is 31.9. The molecular formula is C20H17ClN4O4S. The summed E-state index contributed by atoms with van der Waals surface area (Å²) in [6.45, 7) is -0.446. The third kappa shape index (κ3) is 5.62. The highest BCUT2D eigenvalue weighted by Gasteiger charge is 2.27. The first-order valence-corrected chi connectivity index (χ1v) is 10.6. The predicted molar refractivity (Wildman–Crippen MR) is 114 cm³/mol. The molecule has 2 aromatic carbocycles. The summed E-state index contributed by atoms with van der Waals surface area (Å²) in [5.41, 5.74) is 0.494. The van der Waals surface area contributed by atoms with Crippen LogP contribution in [-0.2, 0) is 14.8 Å². The van der Waals surface area contributed by atoms with Crippen molar-refractivity contribution in [3.8, 4) is 0 Å². The standard InChI is InChI=1S/C20H17ClN4O4S/c21-19(26)29-14-13-25(20-22-11-4-12-23-20)30(27,28)18-9-7-17(8-10-18)24-15-16-5-2-1-3-6-16/h1-12,15H,13-14H2. The second-order valence-electron chi connectivity index (χ2n) is 5.87. The zero-order valence-electron chi connectivity index (χ0n) is 15.6. The summed E-state index contributed by atoms with van der Waals surface area (Å²) in [5.74, 6) is -0.0469. The zero-order chi connectivity index (χ0) is 21.4. The number of aromatic nitrogens is 2. The van der Waals surface area contributed by atoms with Crippen LogP contribution >= 0.6 is 11.6 Å². The summed E-state index contributed by atoms with van der Waals surface area (Å²) in [7, 11) is -4.01. The SMILES string of the molecule is O=C(Cl)OCCN(c1ncccn1)S(=O)(=O)c1ccc(N=Cc2ccccc2)cc1. The molecule has 1 heterocycles. The molecule has 0 amide bonds. The number of benzene rings is 2. The lowest BCUT2D eigenvalue weighted by atomic mass is 10.2. The molecule has 0 atom stereocenters. The lowest BCUT2D eigenvalue weighted by molar-refractivity contribution is 0.177. The van der Waals surface area contributed by atoms with Crippen LogP contribution in [0.4, 0.5) is 16.4 Å². The van der Waals surface area contributed by atoms with Crippen molar-refractivity contribution < 1.29 is 17.9 Å². The van der Waals surface area contributed by atoms with Crippen LogP contribution < -0.4 is 4.31 Å². The van der Waals surface area contributed by atoms with Crippen molar-refractivity contribution >= 4 is 44.9 Å². The van der Waals surface area contributed by atoms with Crippen molar-refractivity contribution in [1.29, 1.82) is 0 Å². The summed E-state index contributed by atoms with van der Waals surface area (Å²) in [6.07, 6.45) is 4.52. The number of carbonyl (C=O) groups is 1. The molecule has 0 aliphatic carbocycles. The van der Waals surface area contributed by atoms with Gasteiger partial charge < -0.3 is 4.74 Å². The number of hydrogen-bond donors (Lipinski definition) is 0. The van der Waals surface area contributed by atoms with E-state index in [0.29, 0.717) is 5.69 Å². The van der Waals surface area contributed by atoms with E-state index in [4.69, 9.17) is 11.6 Å². The second-order valence-corrected chi connectivity index (χ2v) is 8.05. The number of nitrogens with zero attached hydrogens (tertiary/aromatic N) is 4. The smallest absolute Gasteiger partial charge is 0.403 e. The molecule has 0 N–H and O–H groups in total. The molecule has 0 spiro atoms. The molecule has 0 saturated carbocycles. The molecule has 30 heavy (non-hydrogen) atoms. The van der Waals surface area contributed by atoms with Gasteiger partial charge in [-0.25, -0.2) is 27.5 Å². The van der Waals surface area contributed by atoms with E-state index in [1.807, 2.05) is 30.3 Å². The van der Waals surface area contributed by atoms with Crippen LogP contribution in [0.15, 0.2) is 82.9 Å².